The van der Waals surface area contributed by atoms with Crippen molar-refractivity contribution in [2.45, 2.75) is 19.8 Å². The molecule has 0 saturated carbocycles. The molecular weight excluding hydrogens is 242 g/mol. The van der Waals surface area contributed by atoms with Crippen molar-refractivity contribution in [3.63, 3.8) is 0 Å². The third kappa shape index (κ3) is 3.16. The smallest absolute Gasteiger partial charge is 0.272 e. The lowest BCUT2D eigenvalue weighted by molar-refractivity contribution is -0.419. The van der Waals surface area contributed by atoms with E-state index in [0.29, 0.717) is 6.42 Å². The molecule has 0 aliphatic heterocycles. The van der Waals surface area contributed by atoms with Crippen molar-refractivity contribution < 1.29 is 9.72 Å². The molecule has 4 nitrogen and oxygen atoms in total. The lowest BCUT2D eigenvalue weighted by Gasteiger charge is -2.16. The number of aryl methyl sites for hydroxylation is 1. The zero-order valence-corrected chi connectivity index (χ0v) is 10.7. The molecule has 0 amide bonds. The molecule has 0 bridgehead atoms. The van der Waals surface area contributed by atoms with Crippen LogP contribution in [0.4, 0.5) is 0 Å². The Kier molecular flexibility index (Phi) is 3.90. The highest BCUT2D eigenvalue weighted by molar-refractivity contribution is 5.95. The van der Waals surface area contributed by atoms with Crippen LogP contribution in [0.15, 0.2) is 53.8 Å². The van der Waals surface area contributed by atoms with Crippen LogP contribution in [0, 0.1) is 16.0 Å². The Bertz CT molecular complexity index is 558. The SMILES string of the molecule is CC1C(=O)C=C([N+](=O)[O-])C=C1CCc1ccccc1. The molecule has 0 fully saturated rings. The van der Waals surface area contributed by atoms with Gasteiger partial charge in [-0.25, -0.2) is 0 Å². The molecule has 0 aromatic heterocycles. The van der Waals surface area contributed by atoms with Crippen LogP contribution in [-0.4, -0.2) is 10.7 Å². The van der Waals surface area contributed by atoms with Crippen molar-refractivity contribution in [1.82, 2.24) is 0 Å². The van der Waals surface area contributed by atoms with Crippen LogP contribution in [0.25, 0.3) is 0 Å². The van der Waals surface area contributed by atoms with Crippen LogP contribution in [0.3, 0.4) is 0 Å². The molecule has 0 spiro atoms. The van der Waals surface area contributed by atoms with E-state index in [1.165, 1.54) is 11.6 Å². The first-order valence-corrected chi connectivity index (χ1v) is 6.22. The van der Waals surface area contributed by atoms with E-state index in [1.807, 2.05) is 30.3 Å². The third-order valence-electron chi connectivity index (χ3n) is 3.36. The number of carbonyl (C=O) groups is 1. The van der Waals surface area contributed by atoms with Crippen molar-refractivity contribution in [2.24, 2.45) is 5.92 Å². The van der Waals surface area contributed by atoms with Crippen molar-refractivity contribution >= 4 is 5.78 Å². The standard InChI is InChI=1S/C15H15NO3/c1-11-13(8-7-12-5-3-2-4-6-12)9-14(16(18)19)10-15(11)17/h2-6,9-11H,7-8H2,1H3. The summed E-state index contributed by atoms with van der Waals surface area (Å²) in [6.07, 6.45) is 4.11. The minimum Gasteiger partial charge on any atom is -0.294 e. The fourth-order valence-electron chi connectivity index (χ4n) is 2.14. The van der Waals surface area contributed by atoms with Gasteiger partial charge in [0.1, 0.15) is 0 Å². The van der Waals surface area contributed by atoms with E-state index in [0.717, 1.165) is 18.1 Å². The van der Waals surface area contributed by atoms with Crippen molar-refractivity contribution in [2.75, 3.05) is 0 Å². The molecule has 1 unspecified atom stereocenters. The summed E-state index contributed by atoms with van der Waals surface area (Å²) >= 11 is 0. The Morgan fingerprint density at radius 3 is 2.47 bits per heavy atom. The van der Waals surface area contributed by atoms with Crippen molar-refractivity contribution in [3.05, 3.63) is 69.4 Å². The number of nitro groups is 1. The van der Waals surface area contributed by atoms with Crippen LogP contribution in [0.1, 0.15) is 18.9 Å². The number of rotatable bonds is 4. The minimum absolute atomic E-state index is 0.105. The van der Waals surface area contributed by atoms with Crippen LogP contribution >= 0.6 is 0 Å². The fourth-order valence-corrected chi connectivity index (χ4v) is 2.14. The van der Waals surface area contributed by atoms with Crippen LogP contribution < -0.4 is 0 Å². The quantitative estimate of drug-likeness (QED) is 0.615. The summed E-state index contributed by atoms with van der Waals surface area (Å²) in [6.45, 7) is 1.80. The van der Waals surface area contributed by atoms with Gasteiger partial charge in [-0.15, -0.1) is 0 Å². The molecule has 4 heteroatoms. The zero-order chi connectivity index (χ0) is 13.8. The summed E-state index contributed by atoms with van der Waals surface area (Å²) in [5.41, 5.74) is 1.90. The Morgan fingerprint density at radius 2 is 1.84 bits per heavy atom. The number of benzene rings is 1. The molecule has 1 atom stereocenters. The number of allylic oxidation sites excluding steroid dienone is 3. The summed E-state index contributed by atoms with van der Waals surface area (Å²) < 4.78 is 0. The molecule has 2 rings (SSSR count). The monoisotopic (exact) mass is 257 g/mol. The lowest BCUT2D eigenvalue weighted by atomic mass is 9.87. The average molecular weight is 257 g/mol. The van der Waals surface area contributed by atoms with E-state index in [1.54, 1.807) is 6.92 Å². The Balaban J connectivity index is 2.12. The summed E-state index contributed by atoms with van der Waals surface area (Å²) in [5.74, 6) is -0.440. The molecule has 1 aliphatic rings. The molecule has 0 radical (unpaired) electrons. The van der Waals surface area contributed by atoms with Gasteiger partial charge in [0.25, 0.3) is 5.70 Å². The van der Waals surface area contributed by atoms with E-state index >= 15 is 0 Å². The van der Waals surface area contributed by atoms with E-state index in [9.17, 15) is 14.9 Å². The van der Waals surface area contributed by atoms with E-state index in [2.05, 4.69) is 0 Å². The first kappa shape index (κ1) is 13.2. The van der Waals surface area contributed by atoms with E-state index < -0.39 is 4.92 Å². The maximum atomic E-state index is 11.7. The van der Waals surface area contributed by atoms with Crippen LogP contribution in [0.2, 0.25) is 0 Å². The van der Waals surface area contributed by atoms with Gasteiger partial charge in [-0.3, -0.25) is 14.9 Å². The molecule has 1 aromatic rings. The highest BCUT2D eigenvalue weighted by Gasteiger charge is 2.25. The van der Waals surface area contributed by atoms with Gasteiger partial charge in [-0.05, 0) is 18.4 Å². The molecule has 19 heavy (non-hydrogen) atoms. The number of ketones is 1. The maximum absolute atomic E-state index is 11.7. The molecule has 1 aliphatic carbocycles. The Labute approximate surface area is 111 Å². The number of hydrogen-bond donors (Lipinski definition) is 0. The van der Waals surface area contributed by atoms with E-state index in [4.69, 9.17) is 0 Å². The molecule has 1 aromatic carbocycles. The summed E-state index contributed by atoms with van der Waals surface area (Å²) in [7, 11) is 0. The highest BCUT2D eigenvalue weighted by atomic mass is 16.6. The van der Waals surface area contributed by atoms with Gasteiger partial charge >= 0.3 is 0 Å². The average Bonchev–Trinajstić information content (AvgIpc) is 2.41. The normalized spacial score (nSPS) is 18.8. The fraction of sp³-hybridized carbons (Fsp3) is 0.267. The molecule has 0 N–H and O–H groups in total. The van der Waals surface area contributed by atoms with Gasteiger partial charge in [-0.2, -0.15) is 0 Å². The van der Waals surface area contributed by atoms with Gasteiger partial charge < -0.3 is 0 Å². The minimum atomic E-state index is -0.508. The second-order valence-corrected chi connectivity index (χ2v) is 4.66. The summed E-state index contributed by atoms with van der Waals surface area (Å²) in [6, 6.07) is 9.90. The number of carbonyl (C=O) groups excluding carboxylic acids is 1. The number of hydrogen-bond acceptors (Lipinski definition) is 3. The van der Waals surface area contributed by atoms with Crippen LogP contribution in [0.5, 0.6) is 0 Å². The molecule has 98 valence electrons. The maximum Gasteiger partial charge on any atom is 0.272 e. The first-order valence-electron chi connectivity index (χ1n) is 6.22. The number of nitrogens with zero attached hydrogens (tertiary/aromatic N) is 1. The molecule has 0 heterocycles. The van der Waals surface area contributed by atoms with Crippen LogP contribution in [-0.2, 0) is 11.2 Å². The van der Waals surface area contributed by atoms with Gasteiger partial charge in [-0.1, -0.05) is 42.8 Å². The largest absolute Gasteiger partial charge is 0.294 e. The zero-order valence-electron chi connectivity index (χ0n) is 10.7. The molecular formula is C15H15NO3. The van der Waals surface area contributed by atoms with Crippen molar-refractivity contribution in [3.8, 4) is 0 Å². The van der Waals surface area contributed by atoms with Gasteiger partial charge in [0.2, 0.25) is 0 Å². The predicted molar refractivity (Wildman–Crippen MR) is 72.1 cm³/mol. The Hall–Kier alpha value is -2.23. The van der Waals surface area contributed by atoms with E-state index in [-0.39, 0.29) is 17.4 Å². The molecule has 0 saturated heterocycles. The third-order valence-corrected chi connectivity index (χ3v) is 3.36. The van der Waals surface area contributed by atoms with Crippen molar-refractivity contribution in [1.29, 1.82) is 0 Å². The second-order valence-electron chi connectivity index (χ2n) is 4.66. The van der Waals surface area contributed by atoms with Gasteiger partial charge in [0, 0.05) is 12.0 Å². The lowest BCUT2D eigenvalue weighted by Crippen LogP contribution is -2.18. The predicted octanol–water partition coefficient (Wildman–Crippen LogP) is 2.93. The Morgan fingerprint density at radius 1 is 1.16 bits per heavy atom. The second kappa shape index (κ2) is 5.61. The summed E-state index contributed by atoms with van der Waals surface area (Å²) in [5, 5.41) is 10.8. The van der Waals surface area contributed by atoms with Gasteiger partial charge in [0.05, 0.1) is 11.0 Å². The summed E-state index contributed by atoms with van der Waals surface area (Å²) in [4.78, 5) is 22.0. The highest BCUT2D eigenvalue weighted by Crippen LogP contribution is 2.25. The first-order chi connectivity index (χ1) is 9.08. The van der Waals surface area contributed by atoms with Gasteiger partial charge in [0.15, 0.2) is 5.78 Å². The topological polar surface area (TPSA) is 60.2 Å².